The molecule has 1 aliphatic carbocycles. The zero-order valence-electron chi connectivity index (χ0n) is 22.6. The van der Waals surface area contributed by atoms with Crippen LogP contribution in [0.1, 0.15) is 54.9 Å². The van der Waals surface area contributed by atoms with Crippen LogP contribution in [0.25, 0.3) is 11.1 Å². The number of ketones is 1. The molecule has 0 saturated carbocycles. The van der Waals surface area contributed by atoms with Crippen molar-refractivity contribution < 1.29 is 14.3 Å². The number of nitrogens with zero attached hydrogens (tertiary/aromatic N) is 3. The molecule has 0 unspecified atom stereocenters. The molecule has 0 radical (unpaired) electrons. The second kappa shape index (κ2) is 11.4. The highest BCUT2D eigenvalue weighted by Gasteiger charge is 2.37. The molecule has 1 aromatic carbocycles. The Hall–Kier alpha value is -2.22. The summed E-state index contributed by atoms with van der Waals surface area (Å²) in [4.78, 5) is 33.6. The second-order valence-corrected chi connectivity index (χ2v) is 11.8. The molecule has 2 heterocycles. The van der Waals surface area contributed by atoms with E-state index < -0.39 is 0 Å². The van der Waals surface area contributed by atoms with E-state index in [0.717, 1.165) is 61.7 Å². The first-order valence-corrected chi connectivity index (χ1v) is 14.1. The van der Waals surface area contributed by atoms with E-state index in [9.17, 15) is 9.59 Å². The van der Waals surface area contributed by atoms with Crippen molar-refractivity contribution in [3.05, 3.63) is 40.3 Å². The quantitative estimate of drug-likeness (QED) is 0.486. The van der Waals surface area contributed by atoms with Crippen LogP contribution >= 0.6 is 11.3 Å². The summed E-state index contributed by atoms with van der Waals surface area (Å²) in [6.07, 6.45) is 1.87. The summed E-state index contributed by atoms with van der Waals surface area (Å²) in [5.74, 6) is 0.393. The van der Waals surface area contributed by atoms with Crippen LogP contribution in [0.15, 0.2) is 24.3 Å². The number of rotatable bonds is 9. The Bertz CT molecular complexity index is 1080. The molecule has 1 aliphatic heterocycles. The average Bonchev–Trinajstić information content (AvgIpc) is 3.24. The van der Waals surface area contributed by atoms with Crippen molar-refractivity contribution in [3.8, 4) is 11.1 Å². The van der Waals surface area contributed by atoms with E-state index in [4.69, 9.17) is 4.74 Å². The number of ether oxygens (including phenoxy) is 1. The summed E-state index contributed by atoms with van der Waals surface area (Å²) in [6.45, 7) is 15.4. The fourth-order valence-corrected chi connectivity index (χ4v) is 6.62. The van der Waals surface area contributed by atoms with Gasteiger partial charge in [0.15, 0.2) is 5.78 Å². The van der Waals surface area contributed by atoms with Crippen molar-refractivity contribution >= 4 is 28.0 Å². The zero-order chi connectivity index (χ0) is 25.9. The SMILES string of the molecule is CCN(CC)CCN(C)C(=O)Cc1cccc(-c2c(N3CCOCC3)sc3c2CC(C)(C)CC3=O)c1. The van der Waals surface area contributed by atoms with E-state index in [-0.39, 0.29) is 17.1 Å². The van der Waals surface area contributed by atoms with Gasteiger partial charge in [-0.1, -0.05) is 52.0 Å². The molecule has 0 atom stereocenters. The molecule has 0 N–H and O–H groups in total. The number of thiophene rings is 1. The molecule has 1 amide bonds. The molecule has 7 heteroatoms. The van der Waals surface area contributed by atoms with Crippen LogP contribution in [0.4, 0.5) is 5.00 Å². The van der Waals surface area contributed by atoms with Gasteiger partial charge in [-0.3, -0.25) is 9.59 Å². The lowest BCUT2D eigenvalue weighted by Gasteiger charge is -2.30. The highest BCUT2D eigenvalue weighted by atomic mass is 32.1. The maximum Gasteiger partial charge on any atom is 0.226 e. The molecule has 0 bridgehead atoms. The van der Waals surface area contributed by atoms with Gasteiger partial charge in [-0.15, -0.1) is 11.3 Å². The molecule has 2 aromatic rings. The third-order valence-electron chi connectivity index (χ3n) is 7.48. The number of Topliss-reactive ketones (excluding diaryl/α,β-unsaturated/α-hetero) is 1. The highest BCUT2D eigenvalue weighted by molar-refractivity contribution is 7.19. The minimum absolute atomic E-state index is 0.0522. The minimum Gasteiger partial charge on any atom is -0.378 e. The minimum atomic E-state index is -0.0522. The molecule has 4 rings (SSSR count). The van der Waals surface area contributed by atoms with Crippen LogP contribution in [0.3, 0.4) is 0 Å². The number of benzene rings is 1. The highest BCUT2D eigenvalue weighted by Crippen LogP contribution is 2.49. The largest absolute Gasteiger partial charge is 0.378 e. The van der Waals surface area contributed by atoms with Gasteiger partial charge in [0.25, 0.3) is 0 Å². The maximum absolute atomic E-state index is 13.1. The normalized spacial score (nSPS) is 17.4. The predicted octanol–water partition coefficient (Wildman–Crippen LogP) is 4.75. The molecule has 0 spiro atoms. The number of hydrogen-bond donors (Lipinski definition) is 0. The molecule has 1 aromatic heterocycles. The average molecular weight is 512 g/mol. The number of amides is 1. The Balaban J connectivity index is 1.62. The van der Waals surface area contributed by atoms with Crippen molar-refractivity contribution in [1.29, 1.82) is 0 Å². The first kappa shape index (κ1) is 26.8. The monoisotopic (exact) mass is 511 g/mol. The smallest absolute Gasteiger partial charge is 0.226 e. The first-order chi connectivity index (χ1) is 17.2. The van der Waals surface area contributed by atoms with Crippen molar-refractivity contribution in [2.24, 2.45) is 5.41 Å². The molecule has 6 nitrogen and oxygen atoms in total. The van der Waals surface area contributed by atoms with Crippen LogP contribution in [0.5, 0.6) is 0 Å². The molecule has 1 saturated heterocycles. The number of fused-ring (bicyclic) bond motifs is 1. The Labute approximate surface area is 220 Å². The fraction of sp³-hybridized carbons (Fsp3) is 0.586. The molecule has 1 fully saturated rings. The van der Waals surface area contributed by atoms with Gasteiger partial charge < -0.3 is 19.4 Å². The predicted molar refractivity (Wildman–Crippen MR) is 148 cm³/mol. The number of anilines is 1. The summed E-state index contributed by atoms with van der Waals surface area (Å²) in [5.41, 5.74) is 4.44. The van der Waals surface area contributed by atoms with Gasteiger partial charge in [0.1, 0.15) is 0 Å². The van der Waals surface area contributed by atoms with Gasteiger partial charge in [0.05, 0.1) is 29.5 Å². The fourth-order valence-electron chi connectivity index (χ4n) is 5.29. The number of hydrogen-bond acceptors (Lipinski definition) is 6. The standard InChI is InChI=1S/C29H41N3O3S/c1-6-31(7-2)12-11-30(5)25(34)18-21-9-8-10-22(17-21)26-23-19-29(3,4)20-24(33)27(23)36-28(26)32-13-15-35-16-14-32/h8-10,17H,6-7,11-16,18-20H2,1-5H3. The van der Waals surface area contributed by atoms with E-state index in [1.54, 1.807) is 11.3 Å². The van der Waals surface area contributed by atoms with Gasteiger partial charge in [0.2, 0.25) is 5.91 Å². The Morgan fingerprint density at radius 2 is 1.83 bits per heavy atom. The maximum atomic E-state index is 13.1. The first-order valence-electron chi connectivity index (χ1n) is 13.3. The van der Waals surface area contributed by atoms with Gasteiger partial charge in [-0.05, 0) is 41.6 Å². The molecule has 36 heavy (non-hydrogen) atoms. The van der Waals surface area contributed by atoms with Gasteiger partial charge in [-0.25, -0.2) is 0 Å². The Kier molecular flexibility index (Phi) is 8.53. The summed E-state index contributed by atoms with van der Waals surface area (Å²) >= 11 is 1.65. The van der Waals surface area contributed by atoms with E-state index in [1.807, 2.05) is 18.0 Å². The zero-order valence-corrected chi connectivity index (χ0v) is 23.4. The van der Waals surface area contributed by atoms with Crippen molar-refractivity contribution in [2.45, 2.75) is 47.0 Å². The lowest BCUT2D eigenvalue weighted by atomic mass is 9.75. The van der Waals surface area contributed by atoms with Crippen LogP contribution in [0, 0.1) is 5.41 Å². The Morgan fingerprint density at radius 1 is 1.11 bits per heavy atom. The second-order valence-electron chi connectivity index (χ2n) is 10.8. The van der Waals surface area contributed by atoms with Crippen LogP contribution in [0.2, 0.25) is 0 Å². The number of carbonyl (C=O) groups excluding carboxylic acids is 2. The van der Waals surface area contributed by atoms with Crippen molar-refractivity contribution in [3.63, 3.8) is 0 Å². The Morgan fingerprint density at radius 3 is 2.53 bits per heavy atom. The van der Waals surface area contributed by atoms with Crippen LogP contribution in [-0.2, 0) is 22.4 Å². The van der Waals surface area contributed by atoms with Crippen LogP contribution in [-0.4, -0.2) is 81.0 Å². The summed E-state index contributed by atoms with van der Waals surface area (Å²) < 4.78 is 5.61. The van der Waals surface area contributed by atoms with E-state index >= 15 is 0 Å². The third kappa shape index (κ3) is 6.01. The van der Waals surface area contributed by atoms with Crippen molar-refractivity contribution in [2.75, 3.05) is 64.4 Å². The van der Waals surface area contributed by atoms with Crippen molar-refractivity contribution in [1.82, 2.24) is 9.80 Å². The molecular formula is C29H41N3O3S. The summed E-state index contributed by atoms with van der Waals surface area (Å²) in [7, 11) is 1.90. The lowest BCUT2D eigenvalue weighted by molar-refractivity contribution is -0.129. The topological polar surface area (TPSA) is 53.1 Å². The van der Waals surface area contributed by atoms with Gasteiger partial charge >= 0.3 is 0 Å². The van der Waals surface area contributed by atoms with Gasteiger partial charge in [-0.2, -0.15) is 0 Å². The number of morpholine rings is 1. The van der Waals surface area contributed by atoms with E-state index in [1.165, 1.54) is 16.1 Å². The van der Waals surface area contributed by atoms with Crippen LogP contribution < -0.4 is 4.90 Å². The third-order valence-corrected chi connectivity index (χ3v) is 8.81. The van der Waals surface area contributed by atoms with E-state index in [2.05, 4.69) is 55.7 Å². The molecule has 196 valence electrons. The lowest BCUT2D eigenvalue weighted by Crippen LogP contribution is -2.37. The molecular weight excluding hydrogens is 470 g/mol. The van der Waals surface area contributed by atoms with E-state index in [0.29, 0.717) is 26.1 Å². The summed E-state index contributed by atoms with van der Waals surface area (Å²) in [6, 6.07) is 8.39. The number of carbonyl (C=O) groups is 2. The van der Waals surface area contributed by atoms with Gasteiger partial charge in [0, 0.05) is 45.2 Å². The number of likely N-dealkylation sites (N-methyl/N-ethyl adjacent to an activating group) is 2. The molecule has 2 aliphatic rings. The summed E-state index contributed by atoms with van der Waals surface area (Å²) in [5, 5.41) is 1.18.